The van der Waals surface area contributed by atoms with Crippen LogP contribution in [0.1, 0.15) is 25.7 Å². The molecule has 2 fully saturated rings. The number of hydrogen-bond acceptors (Lipinski definition) is 3. The minimum Gasteiger partial charge on any atom is -0.481 e. The lowest BCUT2D eigenvalue weighted by atomic mass is 9.88. The van der Waals surface area contributed by atoms with Crippen molar-refractivity contribution in [3.63, 3.8) is 0 Å². The molecular formula is C13H25BN2O2. The molecule has 0 aliphatic carbocycles. The van der Waals surface area contributed by atoms with Gasteiger partial charge in [0.05, 0.1) is 5.92 Å². The van der Waals surface area contributed by atoms with Gasteiger partial charge in [0.25, 0.3) is 0 Å². The van der Waals surface area contributed by atoms with Gasteiger partial charge in [0.15, 0.2) is 0 Å². The van der Waals surface area contributed by atoms with Crippen molar-refractivity contribution in [2.24, 2.45) is 11.8 Å². The van der Waals surface area contributed by atoms with E-state index in [9.17, 15) is 9.90 Å². The largest absolute Gasteiger partial charge is 0.481 e. The normalized spacial score (nSPS) is 33.0. The van der Waals surface area contributed by atoms with Gasteiger partial charge in [-0.15, -0.1) is 0 Å². The highest BCUT2D eigenvalue weighted by Gasteiger charge is 2.37. The summed E-state index contributed by atoms with van der Waals surface area (Å²) in [6, 6.07) is 0.587. The Hall–Kier alpha value is -0.545. The molecule has 4 nitrogen and oxygen atoms in total. The van der Waals surface area contributed by atoms with Crippen molar-refractivity contribution < 1.29 is 9.90 Å². The summed E-state index contributed by atoms with van der Waals surface area (Å²) in [6.07, 6.45) is 5.90. The highest BCUT2D eigenvalue weighted by atomic mass is 16.4. The Morgan fingerprint density at radius 3 is 2.89 bits per heavy atom. The van der Waals surface area contributed by atoms with Crippen LogP contribution in [0.15, 0.2) is 0 Å². The standard InChI is InChI=1S/C13H25BN2O2/c14-5-1-3-10-7-16(9-12(10)13(17)18)8-11-4-2-6-15-11/h10-12,15H,1-9,14H2,(H,17,18)/t10-,11?,12+/m0/s1. The van der Waals surface area contributed by atoms with E-state index in [1.165, 1.54) is 12.8 Å². The van der Waals surface area contributed by atoms with Crippen LogP contribution in [0.4, 0.5) is 0 Å². The third-order valence-electron chi connectivity index (χ3n) is 4.40. The zero-order chi connectivity index (χ0) is 13.0. The average molecular weight is 252 g/mol. The summed E-state index contributed by atoms with van der Waals surface area (Å²) in [5, 5.41) is 12.8. The van der Waals surface area contributed by atoms with E-state index in [-0.39, 0.29) is 5.92 Å². The van der Waals surface area contributed by atoms with E-state index in [0.29, 0.717) is 12.0 Å². The number of likely N-dealkylation sites (tertiary alicyclic amines) is 1. The van der Waals surface area contributed by atoms with Gasteiger partial charge in [0.1, 0.15) is 7.85 Å². The molecule has 0 aromatic heterocycles. The summed E-state index contributed by atoms with van der Waals surface area (Å²) < 4.78 is 0. The van der Waals surface area contributed by atoms with Crippen molar-refractivity contribution in [1.29, 1.82) is 0 Å². The predicted octanol–water partition coefficient (Wildman–Crippen LogP) is 0.203. The Balaban J connectivity index is 1.84. The lowest BCUT2D eigenvalue weighted by Gasteiger charge is -2.20. The van der Waals surface area contributed by atoms with Gasteiger partial charge in [-0.25, -0.2) is 0 Å². The molecule has 0 amide bonds. The highest BCUT2D eigenvalue weighted by Crippen LogP contribution is 2.28. The second-order valence-corrected chi connectivity index (χ2v) is 5.86. The Kier molecular flexibility index (Phi) is 5.07. The van der Waals surface area contributed by atoms with Gasteiger partial charge >= 0.3 is 5.97 Å². The van der Waals surface area contributed by atoms with Gasteiger partial charge < -0.3 is 15.3 Å². The lowest BCUT2D eigenvalue weighted by molar-refractivity contribution is -0.142. The number of aliphatic carboxylic acids is 1. The number of hydrogen-bond donors (Lipinski definition) is 2. The van der Waals surface area contributed by atoms with Gasteiger partial charge in [0.2, 0.25) is 0 Å². The van der Waals surface area contributed by atoms with Crippen LogP contribution in [0, 0.1) is 11.8 Å². The number of carboxylic acid groups (broad SMARTS) is 1. The molecule has 3 atom stereocenters. The quantitative estimate of drug-likeness (QED) is 0.663. The Labute approximate surface area is 111 Å². The molecule has 0 saturated carbocycles. The second kappa shape index (κ2) is 6.57. The maximum atomic E-state index is 11.3. The monoisotopic (exact) mass is 252 g/mol. The lowest BCUT2D eigenvalue weighted by Crippen LogP contribution is -2.36. The summed E-state index contributed by atoms with van der Waals surface area (Å²) in [7, 11) is 2.17. The minimum absolute atomic E-state index is 0.141. The molecule has 5 heteroatoms. The first-order valence-electron chi connectivity index (χ1n) is 7.39. The third-order valence-corrected chi connectivity index (χ3v) is 4.40. The van der Waals surface area contributed by atoms with Crippen LogP contribution in [-0.4, -0.2) is 56.0 Å². The Morgan fingerprint density at radius 2 is 2.28 bits per heavy atom. The Bertz CT molecular complexity index is 282. The molecule has 1 unspecified atom stereocenters. The Morgan fingerprint density at radius 1 is 1.44 bits per heavy atom. The van der Waals surface area contributed by atoms with E-state index in [1.807, 2.05) is 0 Å². The van der Waals surface area contributed by atoms with Crippen LogP contribution in [0.25, 0.3) is 0 Å². The van der Waals surface area contributed by atoms with Gasteiger partial charge in [-0.1, -0.05) is 12.7 Å². The summed E-state index contributed by atoms with van der Waals surface area (Å²) in [6.45, 7) is 3.89. The summed E-state index contributed by atoms with van der Waals surface area (Å²) in [4.78, 5) is 13.7. The molecule has 2 N–H and O–H groups in total. The zero-order valence-electron chi connectivity index (χ0n) is 11.4. The van der Waals surface area contributed by atoms with Gasteiger partial charge in [-0.3, -0.25) is 4.79 Å². The third kappa shape index (κ3) is 3.48. The van der Waals surface area contributed by atoms with E-state index in [0.717, 1.165) is 45.3 Å². The van der Waals surface area contributed by atoms with Gasteiger partial charge in [-0.2, -0.15) is 0 Å². The topological polar surface area (TPSA) is 52.6 Å². The summed E-state index contributed by atoms with van der Waals surface area (Å²) >= 11 is 0. The molecule has 18 heavy (non-hydrogen) atoms. The fourth-order valence-electron chi connectivity index (χ4n) is 3.37. The van der Waals surface area contributed by atoms with Gasteiger partial charge in [-0.05, 0) is 31.7 Å². The maximum Gasteiger partial charge on any atom is 0.308 e. The summed E-state index contributed by atoms with van der Waals surface area (Å²) in [5.41, 5.74) is 0. The molecule has 0 radical (unpaired) electrons. The number of carbonyl (C=O) groups is 1. The zero-order valence-corrected chi connectivity index (χ0v) is 11.4. The number of nitrogens with one attached hydrogen (secondary N) is 1. The molecule has 2 aliphatic heterocycles. The average Bonchev–Trinajstić information content (AvgIpc) is 2.96. The first-order valence-corrected chi connectivity index (χ1v) is 7.39. The number of rotatable bonds is 6. The fourth-order valence-corrected chi connectivity index (χ4v) is 3.37. The first kappa shape index (κ1) is 13.9. The van der Waals surface area contributed by atoms with E-state index in [2.05, 4.69) is 18.1 Å². The SMILES string of the molecule is BCCC[C@H]1CN(CC2CCCN2)C[C@H]1C(=O)O. The summed E-state index contributed by atoms with van der Waals surface area (Å²) in [5.74, 6) is -0.375. The molecule has 0 aromatic rings. The molecule has 2 aliphatic rings. The number of carboxylic acids is 1. The van der Waals surface area contributed by atoms with E-state index >= 15 is 0 Å². The van der Waals surface area contributed by atoms with Crippen LogP contribution in [0.3, 0.4) is 0 Å². The molecule has 0 spiro atoms. The second-order valence-electron chi connectivity index (χ2n) is 5.86. The number of nitrogens with zero attached hydrogens (tertiary/aromatic N) is 1. The van der Waals surface area contributed by atoms with Crippen molar-refractivity contribution in [3.05, 3.63) is 0 Å². The van der Waals surface area contributed by atoms with E-state index in [4.69, 9.17) is 0 Å². The fraction of sp³-hybridized carbons (Fsp3) is 0.923. The molecular weight excluding hydrogens is 227 g/mol. The predicted molar refractivity (Wildman–Crippen MR) is 74.7 cm³/mol. The maximum absolute atomic E-state index is 11.3. The van der Waals surface area contributed by atoms with Crippen molar-refractivity contribution in [1.82, 2.24) is 10.2 Å². The van der Waals surface area contributed by atoms with Crippen LogP contribution >= 0.6 is 0 Å². The van der Waals surface area contributed by atoms with Crippen molar-refractivity contribution in [3.8, 4) is 0 Å². The van der Waals surface area contributed by atoms with Crippen molar-refractivity contribution >= 4 is 13.8 Å². The molecule has 0 bridgehead atoms. The van der Waals surface area contributed by atoms with Crippen LogP contribution in [0.5, 0.6) is 0 Å². The minimum atomic E-state index is -0.599. The van der Waals surface area contributed by atoms with E-state index in [1.54, 1.807) is 0 Å². The van der Waals surface area contributed by atoms with Crippen LogP contribution < -0.4 is 5.32 Å². The van der Waals surface area contributed by atoms with Crippen LogP contribution in [0.2, 0.25) is 6.32 Å². The van der Waals surface area contributed by atoms with Crippen molar-refractivity contribution in [2.45, 2.75) is 38.0 Å². The van der Waals surface area contributed by atoms with Gasteiger partial charge in [0, 0.05) is 25.7 Å². The highest BCUT2D eigenvalue weighted by molar-refractivity contribution is 6.08. The van der Waals surface area contributed by atoms with E-state index < -0.39 is 5.97 Å². The molecule has 2 saturated heterocycles. The smallest absolute Gasteiger partial charge is 0.308 e. The first-order chi connectivity index (χ1) is 8.70. The molecule has 102 valence electrons. The molecule has 2 heterocycles. The van der Waals surface area contributed by atoms with Crippen molar-refractivity contribution in [2.75, 3.05) is 26.2 Å². The molecule has 2 rings (SSSR count). The molecule has 0 aromatic carbocycles. The van der Waals surface area contributed by atoms with Crippen LogP contribution in [-0.2, 0) is 4.79 Å².